The van der Waals surface area contributed by atoms with Gasteiger partial charge in [-0.15, -0.1) is 0 Å². The van der Waals surface area contributed by atoms with Crippen molar-refractivity contribution in [3.8, 4) is 0 Å². The molecule has 0 aliphatic rings. The van der Waals surface area contributed by atoms with Crippen molar-refractivity contribution in [3.63, 3.8) is 0 Å². The van der Waals surface area contributed by atoms with Crippen molar-refractivity contribution in [2.45, 2.75) is 225 Å². The summed E-state index contributed by atoms with van der Waals surface area (Å²) >= 11 is 0. The van der Waals surface area contributed by atoms with E-state index in [2.05, 4.69) is 31.3 Å². The molecule has 0 heterocycles. The highest BCUT2D eigenvalue weighted by Gasteiger charge is 2.28. The summed E-state index contributed by atoms with van der Waals surface area (Å²) in [5, 5.41) is 23.5. The van der Waals surface area contributed by atoms with Crippen molar-refractivity contribution >= 4 is 16.0 Å². The molecule has 0 aromatic carbocycles. The monoisotopic (exact) mass is 688 g/mol. The fourth-order valence-electron chi connectivity index (χ4n) is 6.22. The highest BCUT2D eigenvalue weighted by atomic mass is 32.2. The van der Waals surface area contributed by atoms with E-state index >= 15 is 0 Å². The second-order valence-electron chi connectivity index (χ2n) is 14.1. The predicted molar refractivity (Wildman–Crippen MR) is 199 cm³/mol. The molecule has 7 nitrogen and oxygen atoms in total. The van der Waals surface area contributed by atoms with Crippen LogP contribution in [0.4, 0.5) is 0 Å². The number of unbranched alkanes of at least 4 members (excludes halogenated alkanes) is 25. The van der Waals surface area contributed by atoms with Crippen LogP contribution >= 0.6 is 0 Å². The first-order valence-electron chi connectivity index (χ1n) is 20.0. The Labute approximate surface area is 291 Å². The van der Waals surface area contributed by atoms with E-state index in [-0.39, 0.29) is 0 Å². The molecule has 0 aromatic rings. The number of aliphatic hydroxyl groups excluding tert-OH is 2. The maximum absolute atomic E-state index is 12.6. The van der Waals surface area contributed by atoms with Gasteiger partial charge >= 0.3 is 0 Å². The molecule has 0 aliphatic heterocycles. The molecule has 0 saturated carbocycles. The quantitative estimate of drug-likeness (QED) is 0.0295. The second kappa shape index (κ2) is 33.5. The number of nitrogens with one attached hydrogen (secondary N) is 1. The molecule has 0 bridgehead atoms. The van der Waals surface area contributed by atoms with E-state index in [9.17, 15) is 28.0 Å². The van der Waals surface area contributed by atoms with E-state index in [1.165, 1.54) is 122 Å². The number of rotatable bonds is 36. The number of amides is 1. The van der Waals surface area contributed by atoms with Gasteiger partial charge in [0.2, 0.25) is 5.91 Å². The van der Waals surface area contributed by atoms with E-state index in [0.29, 0.717) is 19.3 Å². The van der Waals surface area contributed by atoms with Crippen molar-refractivity contribution in [3.05, 3.63) is 12.2 Å². The Morgan fingerprint density at radius 3 is 1.30 bits per heavy atom. The summed E-state index contributed by atoms with van der Waals surface area (Å²) in [5.41, 5.74) is 0. The third-order valence-electron chi connectivity index (χ3n) is 9.33. The van der Waals surface area contributed by atoms with Gasteiger partial charge in [0.05, 0.1) is 17.9 Å². The molecule has 0 aromatic heterocycles. The Morgan fingerprint density at radius 2 is 0.894 bits per heavy atom. The van der Waals surface area contributed by atoms with Crippen LogP contribution in [0.25, 0.3) is 0 Å². The van der Waals surface area contributed by atoms with Crippen LogP contribution in [0.3, 0.4) is 0 Å². The zero-order chi connectivity index (χ0) is 34.9. The topological polar surface area (TPSA) is 124 Å². The summed E-state index contributed by atoms with van der Waals surface area (Å²) in [6, 6.07) is -1.14. The average molecular weight is 688 g/mol. The van der Waals surface area contributed by atoms with Crippen molar-refractivity contribution in [2.24, 2.45) is 0 Å². The van der Waals surface area contributed by atoms with Gasteiger partial charge in [0, 0.05) is 0 Å². The van der Waals surface area contributed by atoms with Crippen LogP contribution in [0.1, 0.15) is 206 Å². The van der Waals surface area contributed by atoms with Crippen molar-refractivity contribution in [1.29, 1.82) is 0 Å². The minimum Gasteiger partial charge on any atom is -0.391 e. The number of carbonyl (C=O) groups is 1. The lowest BCUT2D eigenvalue weighted by Gasteiger charge is -2.24. The third kappa shape index (κ3) is 33.3. The molecule has 8 heteroatoms. The van der Waals surface area contributed by atoms with Gasteiger partial charge in [-0.25, -0.2) is 0 Å². The Balaban J connectivity index is 4.00. The maximum Gasteiger partial charge on any atom is 0.266 e. The molecular formula is C39H77NO6S. The van der Waals surface area contributed by atoms with Gasteiger partial charge in [-0.05, 0) is 38.5 Å². The van der Waals surface area contributed by atoms with Crippen LogP contribution in [0.15, 0.2) is 12.2 Å². The standard InChI is InChI=1S/C39H77NO6S/c1-3-5-7-9-11-13-15-17-19-20-22-23-25-27-29-31-33-37(41)36(35-47(44,45)46)40-39(43)38(42)34-32-30-28-26-24-21-18-16-14-12-10-8-6-4-2/h14,16,36-38,41-42H,3-13,15,17-35H2,1-2H3,(H,40,43)(H,44,45,46)/b16-14-. The Hall–Kier alpha value is -0.960. The van der Waals surface area contributed by atoms with E-state index in [0.717, 1.165) is 51.4 Å². The van der Waals surface area contributed by atoms with E-state index < -0.39 is 40.0 Å². The SMILES string of the molecule is CCCCCC/C=C\CCCCCCCCC(O)C(=O)NC(CS(=O)(=O)O)C(O)CCCCCCCCCCCCCCCCCC. The number of aliphatic hydroxyl groups is 2. The molecule has 47 heavy (non-hydrogen) atoms. The molecule has 1 amide bonds. The van der Waals surface area contributed by atoms with Crippen LogP contribution in [-0.4, -0.2) is 53.1 Å². The van der Waals surface area contributed by atoms with Gasteiger partial charge in [0.15, 0.2) is 0 Å². The van der Waals surface area contributed by atoms with Crippen LogP contribution in [0, 0.1) is 0 Å². The Bertz CT molecular complexity index is 818. The third-order valence-corrected chi connectivity index (χ3v) is 10.1. The number of allylic oxidation sites excluding steroid dienone is 2. The summed E-state index contributed by atoms with van der Waals surface area (Å²) in [5.74, 6) is -1.45. The normalized spacial score (nSPS) is 14.1. The molecule has 3 unspecified atom stereocenters. The maximum atomic E-state index is 12.6. The number of hydrogen-bond acceptors (Lipinski definition) is 5. The van der Waals surface area contributed by atoms with Crippen molar-refractivity contribution in [1.82, 2.24) is 5.32 Å². The lowest BCUT2D eigenvalue weighted by Crippen LogP contribution is -2.50. The molecule has 0 radical (unpaired) electrons. The van der Waals surface area contributed by atoms with E-state index in [1.54, 1.807) is 0 Å². The molecule has 280 valence electrons. The lowest BCUT2D eigenvalue weighted by atomic mass is 10.0. The van der Waals surface area contributed by atoms with Crippen LogP contribution in [0.5, 0.6) is 0 Å². The Kier molecular flexibility index (Phi) is 32.8. The second-order valence-corrected chi connectivity index (χ2v) is 15.6. The molecule has 0 fully saturated rings. The summed E-state index contributed by atoms with van der Waals surface area (Å²) in [6.45, 7) is 4.49. The van der Waals surface area contributed by atoms with Gasteiger partial charge in [0.25, 0.3) is 10.1 Å². The molecule has 0 spiro atoms. The average Bonchev–Trinajstić information content (AvgIpc) is 3.03. The highest BCUT2D eigenvalue weighted by molar-refractivity contribution is 7.85. The summed E-state index contributed by atoms with van der Waals surface area (Å²) < 4.78 is 32.5. The molecule has 0 saturated heterocycles. The van der Waals surface area contributed by atoms with Crippen LogP contribution in [0.2, 0.25) is 0 Å². The lowest BCUT2D eigenvalue weighted by molar-refractivity contribution is -0.131. The largest absolute Gasteiger partial charge is 0.391 e. The van der Waals surface area contributed by atoms with Crippen molar-refractivity contribution < 1.29 is 28.0 Å². The first kappa shape index (κ1) is 46.0. The first-order valence-corrected chi connectivity index (χ1v) is 21.6. The molecule has 4 N–H and O–H groups in total. The zero-order valence-corrected chi connectivity index (χ0v) is 31.6. The fraction of sp³-hybridized carbons (Fsp3) is 0.923. The molecule has 3 atom stereocenters. The summed E-state index contributed by atoms with van der Waals surface area (Å²) in [4.78, 5) is 12.6. The van der Waals surface area contributed by atoms with Gasteiger partial charge in [-0.3, -0.25) is 9.35 Å². The highest BCUT2D eigenvalue weighted by Crippen LogP contribution is 2.16. The minimum atomic E-state index is -4.40. The van der Waals surface area contributed by atoms with Gasteiger partial charge in [-0.2, -0.15) is 8.42 Å². The molecular weight excluding hydrogens is 610 g/mol. The molecule has 0 rings (SSSR count). The Morgan fingerprint density at radius 1 is 0.553 bits per heavy atom. The van der Waals surface area contributed by atoms with Gasteiger partial charge in [-0.1, -0.05) is 180 Å². The van der Waals surface area contributed by atoms with Crippen LogP contribution < -0.4 is 5.32 Å². The van der Waals surface area contributed by atoms with E-state index in [1.807, 2.05) is 0 Å². The zero-order valence-electron chi connectivity index (χ0n) is 30.8. The summed E-state index contributed by atoms with van der Waals surface area (Å²) in [6.07, 6.45) is 36.5. The molecule has 0 aliphatic carbocycles. The number of hydrogen-bond donors (Lipinski definition) is 4. The minimum absolute atomic E-state index is 0.292. The number of carbonyl (C=O) groups excluding carboxylic acids is 1. The first-order chi connectivity index (χ1) is 22.7. The van der Waals surface area contributed by atoms with E-state index in [4.69, 9.17) is 0 Å². The van der Waals surface area contributed by atoms with Crippen molar-refractivity contribution in [2.75, 3.05) is 5.75 Å². The predicted octanol–water partition coefficient (Wildman–Crippen LogP) is 10.4. The van der Waals surface area contributed by atoms with Gasteiger partial charge in [0.1, 0.15) is 6.10 Å². The van der Waals surface area contributed by atoms with Gasteiger partial charge < -0.3 is 15.5 Å². The smallest absolute Gasteiger partial charge is 0.266 e. The fourth-order valence-corrected chi connectivity index (χ4v) is 6.98. The summed E-state index contributed by atoms with van der Waals surface area (Å²) in [7, 11) is -4.40. The van der Waals surface area contributed by atoms with Crippen LogP contribution in [-0.2, 0) is 14.9 Å².